The topological polar surface area (TPSA) is 52.8 Å². The molecule has 5 heteroatoms. The zero-order valence-electron chi connectivity index (χ0n) is 15.4. The van der Waals surface area contributed by atoms with Crippen molar-refractivity contribution in [3.05, 3.63) is 0 Å². The van der Waals surface area contributed by atoms with E-state index in [9.17, 15) is 4.79 Å². The zero-order valence-corrected chi connectivity index (χ0v) is 15.4. The number of rotatable bonds is 11. The van der Waals surface area contributed by atoms with Gasteiger partial charge in [0.05, 0.1) is 6.54 Å². The van der Waals surface area contributed by atoms with Crippen LogP contribution >= 0.6 is 0 Å². The van der Waals surface area contributed by atoms with Gasteiger partial charge in [-0.15, -0.1) is 0 Å². The molecule has 0 fully saturated rings. The molecule has 0 amide bonds. The summed E-state index contributed by atoms with van der Waals surface area (Å²) in [6.07, 6.45) is 0. The van der Waals surface area contributed by atoms with Crippen molar-refractivity contribution in [2.45, 2.75) is 27.7 Å². The van der Waals surface area contributed by atoms with E-state index in [-0.39, 0.29) is 7.34 Å². The van der Waals surface area contributed by atoms with Crippen LogP contribution in [-0.2, 0) is 4.79 Å². The van der Waals surface area contributed by atoms with Crippen molar-refractivity contribution in [1.82, 2.24) is 14.7 Å². The Morgan fingerprint density at radius 1 is 0.905 bits per heavy atom. The summed E-state index contributed by atoms with van der Waals surface area (Å²) in [6.45, 7) is 14.1. The Kier molecular flexibility index (Phi) is 15.7. The van der Waals surface area contributed by atoms with Crippen LogP contribution in [0.2, 0.25) is 0 Å². The van der Waals surface area contributed by atoms with Gasteiger partial charge in [-0.3, -0.25) is 9.69 Å². The number of Topliss-reactive ketones (excluding diaryl/α,β-unsaturated/α-hetero) is 1. The van der Waals surface area contributed by atoms with Gasteiger partial charge >= 0.3 is 0 Å². The van der Waals surface area contributed by atoms with Gasteiger partial charge in [0.15, 0.2) is 0 Å². The van der Waals surface area contributed by atoms with E-state index in [1.165, 1.54) is 0 Å². The molecule has 130 valence electrons. The molecule has 0 aliphatic rings. The van der Waals surface area contributed by atoms with Crippen molar-refractivity contribution in [1.29, 1.82) is 0 Å². The van der Waals surface area contributed by atoms with Gasteiger partial charge in [0.25, 0.3) is 0 Å². The summed E-state index contributed by atoms with van der Waals surface area (Å²) in [4.78, 5) is 18.2. The molecule has 0 spiro atoms. The Morgan fingerprint density at radius 2 is 1.29 bits per heavy atom. The number of hydrogen-bond acceptors (Lipinski definition) is 5. The summed E-state index contributed by atoms with van der Waals surface area (Å²) >= 11 is 0. The lowest BCUT2D eigenvalue weighted by Crippen LogP contribution is -2.38. The zero-order chi connectivity index (χ0) is 16.8. The van der Waals surface area contributed by atoms with Crippen LogP contribution in [0.4, 0.5) is 0 Å². The molecule has 0 aromatic carbocycles. The number of nitrogens with zero attached hydrogens (tertiary/aromatic N) is 3. The Bertz CT molecular complexity index is 252. The molecule has 0 rings (SSSR count). The lowest BCUT2D eigenvalue weighted by molar-refractivity contribution is -0.122. The van der Waals surface area contributed by atoms with E-state index in [1.807, 2.05) is 34.7 Å². The smallest absolute Gasteiger partial charge is 0.149 e. The highest BCUT2D eigenvalue weighted by molar-refractivity contribution is 5.82. The summed E-state index contributed by atoms with van der Waals surface area (Å²) in [5.74, 6) is 0.443. The van der Waals surface area contributed by atoms with Gasteiger partial charge in [0.2, 0.25) is 0 Å². The molecule has 0 saturated carbocycles. The molecule has 0 aromatic rings. The first kappa shape index (κ1) is 22.8. The molecule has 0 unspecified atom stereocenters. The lowest BCUT2D eigenvalue weighted by Gasteiger charge is -2.24. The first-order valence-corrected chi connectivity index (χ1v) is 8.15. The van der Waals surface area contributed by atoms with Crippen molar-refractivity contribution < 1.29 is 6.22 Å². The molecule has 0 saturated heterocycles. The van der Waals surface area contributed by atoms with Gasteiger partial charge in [0, 0.05) is 46.6 Å². The molecule has 0 aliphatic carbocycles. The number of nitrogens with two attached hydrogens (primary N) is 1. The molecule has 0 aliphatic heterocycles. The molecule has 5 nitrogen and oxygen atoms in total. The number of carbonyl (C=O) groups excluding carboxylic acids is 1. The third kappa shape index (κ3) is 14.2. The van der Waals surface area contributed by atoms with Crippen molar-refractivity contribution >= 4 is 5.78 Å². The van der Waals surface area contributed by atoms with Gasteiger partial charge in [-0.05, 0) is 21.1 Å². The van der Waals surface area contributed by atoms with Gasteiger partial charge in [0.1, 0.15) is 5.78 Å². The van der Waals surface area contributed by atoms with Crippen LogP contribution in [0, 0.1) is 5.92 Å². The monoisotopic (exact) mass is 304 g/mol. The first-order valence-electron chi connectivity index (χ1n) is 8.15. The maximum Gasteiger partial charge on any atom is 0.149 e. The highest BCUT2D eigenvalue weighted by Gasteiger charge is 2.11. The third-order valence-electron chi connectivity index (χ3n) is 3.31. The van der Waals surface area contributed by atoms with Crippen LogP contribution in [0.3, 0.4) is 0 Å². The number of carbonyl (C=O) groups is 1. The van der Waals surface area contributed by atoms with Crippen molar-refractivity contribution in [3.8, 4) is 0 Å². The third-order valence-corrected chi connectivity index (χ3v) is 3.31. The molecule has 0 bridgehead atoms. The summed E-state index contributed by atoms with van der Waals surface area (Å²) in [7, 11) is 6.22. The molecule has 21 heavy (non-hydrogen) atoms. The fraction of sp³-hybridized carbons (Fsp3) is 0.938. The van der Waals surface area contributed by atoms with Crippen LogP contribution < -0.4 is 5.73 Å². The summed E-state index contributed by atoms with van der Waals surface area (Å²) in [6, 6.07) is 0. The lowest BCUT2D eigenvalue weighted by atomic mass is 10.1. The second-order valence-corrected chi connectivity index (χ2v) is 5.75. The van der Waals surface area contributed by atoms with E-state index in [0.717, 1.165) is 32.7 Å². The second-order valence-electron chi connectivity index (χ2n) is 5.75. The Morgan fingerprint density at radius 3 is 1.67 bits per heavy atom. The predicted octanol–water partition coefficient (Wildman–Crippen LogP) is 1.24. The quantitative estimate of drug-likeness (QED) is 0.622. The van der Waals surface area contributed by atoms with E-state index < -0.39 is 0 Å². The fourth-order valence-electron chi connectivity index (χ4n) is 1.65. The molecule has 0 aromatic heterocycles. The molecule has 0 heterocycles. The Hall–Kier alpha value is -0.490. The van der Waals surface area contributed by atoms with E-state index in [1.54, 1.807) is 0 Å². The van der Waals surface area contributed by atoms with Gasteiger partial charge in [-0.25, -0.2) is 0 Å². The van der Waals surface area contributed by atoms with E-state index in [4.69, 9.17) is 5.73 Å². The summed E-state index contributed by atoms with van der Waals surface area (Å²) in [5, 5.41) is 0. The maximum atomic E-state index is 11.6. The SMILES string of the molecule is CC.CC(C)C(=O)CN(C)CCN(C)CCN(C)CCN.[HH]. The average molecular weight is 305 g/mol. The second kappa shape index (κ2) is 14.4. The van der Waals surface area contributed by atoms with Crippen molar-refractivity contribution in [2.24, 2.45) is 11.7 Å². The minimum absolute atomic E-state index is 0. The minimum atomic E-state index is 0. The van der Waals surface area contributed by atoms with Gasteiger partial charge in [-0.1, -0.05) is 27.7 Å². The minimum Gasteiger partial charge on any atom is -0.329 e. The number of hydrogen-bond donors (Lipinski definition) is 1. The van der Waals surface area contributed by atoms with E-state index >= 15 is 0 Å². The summed E-state index contributed by atoms with van der Waals surface area (Å²) in [5.41, 5.74) is 5.51. The standard InChI is InChI=1S/C14H32N4O.C2H6.H2/c1-13(2)14(19)12-18(5)11-10-17(4)9-8-16(3)7-6-15;1-2;/h13H,6-12,15H2,1-5H3;1-2H3;1H. The highest BCUT2D eigenvalue weighted by Crippen LogP contribution is 1.96. The molecule has 2 N–H and O–H groups in total. The molecular formula is C16H40N4O. The van der Waals surface area contributed by atoms with Gasteiger partial charge in [-0.2, -0.15) is 0 Å². The van der Waals surface area contributed by atoms with E-state index in [2.05, 4.69) is 28.8 Å². The normalized spacial score (nSPS) is 11.2. The highest BCUT2D eigenvalue weighted by atomic mass is 16.1. The van der Waals surface area contributed by atoms with Crippen LogP contribution in [-0.4, -0.2) is 87.4 Å². The summed E-state index contributed by atoms with van der Waals surface area (Å²) < 4.78 is 0. The van der Waals surface area contributed by atoms with E-state index in [0.29, 0.717) is 18.9 Å². The van der Waals surface area contributed by atoms with Crippen LogP contribution in [0.25, 0.3) is 0 Å². The molecule has 0 atom stereocenters. The molecule has 0 radical (unpaired) electrons. The number of ketones is 1. The number of likely N-dealkylation sites (N-methyl/N-ethyl adjacent to an activating group) is 3. The first-order chi connectivity index (χ1) is 9.86. The molecular weight excluding hydrogens is 264 g/mol. The average Bonchev–Trinajstić information content (AvgIpc) is 2.45. The fourth-order valence-corrected chi connectivity index (χ4v) is 1.65. The Labute approximate surface area is 133 Å². The van der Waals surface area contributed by atoms with Crippen LogP contribution in [0.5, 0.6) is 0 Å². The largest absolute Gasteiger partial charge is 0.329 e. The van der Waals surface area contributed by atoms with Gasteiger partial charge < -0.3 is 15.5 Å². The van der Waals surface area contributed by atoms with Crippen molar-refractivity contribution in [2.75, 3.05) is 67.0 Å². The van der Waals surface area contributed by atoms with Crippen molar-refractivity contribution in [3.63, 3.8) is 0 Å². The predicted molar refractivity (Wildman–Crippen MR) is 94.9 cm³/mol. The maximum absolute atomic E-state index is 11.6. The van der Waals surface area contributed by atoms with Crippen LogP contribution in [0.1, 0.15) is 29.1 Å². The Balaban J connectivity index is -0.00000115. The van der Waals surface area contributed by atoms with Crippen LogP contribution in [0.15, 0.2) is 0 Å².